The fraction of sp³-hybridized carbons (Fsp3) is 0.600. The molecule has 0 spiro atoms. The zero-order valence-electron chi connectivity index (χ0n) is 14.7. The average molecular weight is 374 g/mol. The van der Waals surface area contributed by atoms with Crippen LogP contribution in [0, 0.1) is 29.4 Å². The Labute approximate surface area is 150 Å². The average Bonchev–Trinajstić information content (AvgIpc) is 2.57. The molecule has 3 rings (SSSR count). The molecule has 0 heterocycles. The van der Waals surface area contributed by atoms with Crippen LogP contribution in [0.4, 0.5) is 22.0 Å². The molecule has 0 bridgehead atoms. The summed E-state index contributed by atoms with van der Waals surface area (Å²) >= 11 is 0. The third-order valence-corrected chi connectivity index (χ3v) is 5.83. The Morgan fingerprint density at radius 1 is 0.962 bits per heavy atom. The van der Waals surface area contributed by atoms with Crippen molar-refractivity contribution in [3.8, 4) is 5.75 Å². The van der Waals surface area contributed by atoms with Crippen LogP contribution in [-0.4, -0.2) is 6.36 Å². The second-order valence-corrected chi connectivity index (χ2v) is 7.49. The summed E-state index contributed by atoms with van der Waals surface area (Å²) in [6.07, 6.45) is 5.24. The summed E-state index contributed by atoms with van der Waals surface area (Å²) in [6.45, 7) is 2.03. The summed E-state index contributed by atoms with van der Waals surface area (Å²) in [5.41, 5.74) is 0.434. The normalized spacial score (nSPS) is 29.6. The molecular formula is C20H23F5O. The van der Waals surface area contributed by atoms with Crippen molar-refractivity contribution < 1.29 is 26.7 Å². The van der Waals surface area contributed by atoms with Gasteiger partial charge in [0, 0.05) is 0 Å². The number of ether oxygens (including phenoxy) is 1. The molecule has 1 aromatic rings. The standard InChI is InChI=1S/C20H23F5O/c1-2-3-12-4-5-14-9-15(7-6-13(14)8-12)16-10-17(21)19(18(22)11-16)26-20(23,24)25/h2-3,10-15H,4-9H2,1H3. The first kappa shape index (κ1) is 19.2. The van der Waals surface area contributed by atoms with Crippen LogP contribution in [0.15, 0.2) is 24.3 Å². The lowest BCUT2D eigenvalue weighted by Gasteiger charge is -2.41. The van der Waals surface area contributed by atoms with Crippen molar-refractivity contribution in [3.63, 3.8) is 0 Å². The highest BCUT2D eigenvalue weighted by atomic mass is 19.4. The molecule has 1 aromatic carbocycles. The van der Waals surface area contributed by atoms with Crippen molar-refractivity contribution in [2.24, 2.45) is 17.8 Å². The maximum absolute atomic E-state index is 14.0. The minimum atomic E-state index is -5.12. The largest absolute Gasteiger partial charge is 0.573 e. The third-order valence-electron chi connectivity index (χ3n) is 5.83. The second kappa shape index (κ2) is 7.57. The predicted octanol–water partition coefficient (Wildman–Crippen LogP) is 6.74. The van der Waals surface area contributed by atoms with Crippen molar-refractivity contribution in [3.05, 3.63) is 41.5 Å². The highest BCUT2D eigenvalue weighted by molar-refractivity contribution is 5.33. The van der Waals surface area contributed by atoms with Gasteiger partial charge in [-0.05, 0) is 86.8 Å². The number of allylic oxidation sites excluding steroid dienone is 2. The van der Waals surface area contributed by atoms with E-state index in [4.69, 9.17) is 0 Å². The van der Waals surface area contributed by atoms with Crippen LogP contribution in [0.5, 0.6) is 5.75 Å². The van der Waals surface area contributed by atoms with E-state index >= 15 is 0 Å². The molecule has 0 N–H and O–H groups in total. The van der Waals surface area contributed by atoms with Crippen LogP contribution in [0.25, 0.3) is 0 Å². The molecule has 4 atom stereocenters. The van der Waals surface area contributed by atoms with Crippen molar-refractivity contribution in [2.75, 3.05) is 0 Å². The number of rotatable bonds is 3. The van der Waals surface area contributed by atoms with Gasteiger partial charge in [-0.3, -0.25) is 0 Å². The van der Waals surface area contributed by atoms with Gasteiger partial charge in [-0.15, -0.1) is 13.2 Å². The smallest absolute Gasteiger partial charge is 0.399 e. The molecule has 0 aliphatic heterocycles. The van der Waals surface area contributed by atoms with Gasteiger partial charge in [0.25, 0.3) is 0 Å². The van der Waals surface area contributed by atoms with Gasteiger partial charge in [-0.2, -0.15) is 0 Å². The topological polar surface area (TPSA) is 9.23 Å². The first-order valence-electron chi connectivity index (χ1n) is 9.14. The molecule has 1 nitrogen and oxygen atoms in total. The lowest BCUT2D eigenvalue weighted by molar-refractivity contribution is -0.276. The summed E-state index contributed by atoms with van der Waals surface area (Å²) in [6, 6.07) is 2.00. The van der Waals surface area contributed by atoms with E-state index in [1.807, 2.05) is 6.92 Å². The van der Waals surface area contributed by atoms with Gasteiger partial charge in [-0.25, -0.2) is 8.78 Å². The highest BCUT2D eigenvalue weighted by Crippen LogP contribution is 2.48. The minimum absolute atomic E-state index is 0.0153. The van der Waals surface area contributed by atoms with Crippen molar-refractivity contribution in [1.29, 1.82) is 0 Å². The predicted molar refractivity (Wildman–Crippen MR) is 88.8 cm³/mol. The fourth-order valence-electron chi connectivity index (χ4n) is 4.70. The van der Waals surface area contributed by atoms with E-state index in [1.165, 1.54) is 0 Å². The zero-order chi connectivity index (χ0) is 18.9. The molecule has 0 radical (unpaired) electrons. The molecule has 2 fully saturated rings. The molecular weight excluding hydrogens is 351 g/mol. The van der Waals surface area contributed by atoms with E-state index in [0.29, 0.717) is 23.3 Å². The van der Waals surface area contributed by atoms with E-state index in [0.717, 1.165) is 50.7 Å². The molecule has 26 heavy (non-hydrogen) atoms. The van der Waals surface area contributed by atoms with Gasteiger partial charge < -0.3 is 4.74 Å². The van der Waals surface area contributed by atoms with E-state index in [1.54, 1.807) is 0 Å². The van der Waals surface area contributed by atoms with E-state index in [9.17, 15) is 22.0 Å². The maximum atomic E-state index is 14.0. The Kier molecular flexibility index (Phi) is 5.58. The molecule has 0 aromatic heterocycles. The monoisotopic (exact) mass is 374 g/mol. The highest BCUT2D eigenvalue weighted by Gasteiger charge is 2.37. The molecule has 0 amide bonds. The molecule has 2 aliphatic rings. The van der Waals surface area contributed by atoms with Crippen LogP contribution in [0.2, 0.25) is 0 Å². The molecule has 144 valence electrons. The van der Waals surface area contributed by atoms with Crippen molar-refractivity contribution in [2.45, 2.75) is 57.7 Å². The van der Waals surface area contributed by atoms with Crippen LogP contribution in [0.3, 0.4) is 0 Å². The van der Waals surface area contributed by atoms with Gasteiger partial charge in [0.05, 0.1) is 0 Å². The first-order valence-corrected chi connectivity index (χ1v) is 9.14. The summed E-state index contributed by atoms with van der Waals surface area (Å²) in [5, 5.41) is 0. The number of hydrogen-bond acceptors (Lipinski definition) is 1. The first-order chi connectivity index (χ1) is 12.3. The molecule has 2 saturated carbocycles. The number of halogens is 5. The molecule has 6 heteroatoms. The van der Waals surface area contributed by atoms with Crippen molar-refractivity contribution >= 4 is 0 Å². The third kappa shape index (κ3) is 4.38. The molecule has 0 saturated heterocycles. The summed E-state index contributed by atoms with van der Waals surface area (Å²) in [7, 11) is 0. The Hall–Kier alpha value is -1.59. The molecule has 2 aliphatic carbocycles. The summed E-state index contributed by atoms with van der Waals surface area (Å²) in [5.74, 6) is -2.21. The number of alkyl halides is 3. The van der Waals surface area contributed by atoms with Gasteiger partial charge in [-0.1, -0.05) is 12.2 Å². The quantitative estimate of drug-likeness (QED) is 0.420. The van der Waals surface area contributed by atoms with Gasteiger partial charge in [0.15, 0.2) is 11.6 Å². The Morgan fingerprint density at radius 2 is 1.58 bits per heavy atom. The van der Waals surface area contributed by atoms with E-state index < -0.39 is 23.7 Å². The summed E-state index contributed by atoms with van der Waals surface area (Å²) < 4.78 is 68.3. The maximum Gasteiger partial charge on any atom is 0.573 e. The number of hydrogen-bond donors (Lipinski definition) is 0. The minimum Gasteiger partial charge on any atom is -0.399 e. The Morgan fingerprint density at radius 3 is 2.19 bits per heavy atom. The van der Waals surface area contributed by atoms with E-state index in [-0.39, 0.29) is 5.92 Å². The Balaban J connectivity index is 1.71. The summed E-state index contributed by atoms with van der Waals surface area (Å²) in [4.78, 5) is 0. The SMILES string of the molecule is CC=CC1CCC2CC(c3cc(F)c(OC(F)(F)F)c(F)c3)CCC2C1. The zero-order valence-corrected chi connectivity index (χ0v) is 14.7. The lowest BCUT2D eigenvalue weighted by Crippen LogP contribution is -2.30. The molecule has 4 unspecified atom stereocenters. The van der Waals surface area contributed by atoms with Crippen LogP contribution in [-0.2, 0) is 0 Å². The lowest BCUT2D eigenvalue weighted by atomic mass is 9.64. The fourth-order valence-corrected chi connectivity index (χ4v) is 4.70. The van der Waals surface area contributed by atoms with E-state index in [2.05, 4.69) is 16.9 Å². The van der Waals surface area contributed by atoms with Crippen LogP contribution < -0.4 is 4.74 Å². The van der Waals surface area contributed by atoms with Gasteiger partial charge >= 0.3 is 6.36 Å². The Bertz CT molecular complexity index is 644. The van der Waals surface area contributed by atoms with Gasteiger partial charge in [0.1, 0.15) is 0 Å². The second-order valence-electron chi connectivity index (χ2n) is 7.49. The van der Waals surface area contributed by atoms with Gasteiger partial charge in [0.2, 0.25) is 5.75 Å². The van der Waals surface area contributed by atoms with Crippen LogP contribution in [0.1, 0.15) is 56.9 Å². The number of benzene rings is 1. The number of fused-ring (bicyclic) bond motifs is 1. The van der Waals surface area contributed by atoms with Crippen LogP contribution >= 0.6 is 0 Å². The van der Waals surface area contributed by atoms with Crippen molar-refractivity contribution in [1.82, 2.24) is 0 Å².